The van der Waals surface area contributed by atoms with Gasteiger partial charge < -0.3 is 5.73 Å². The molecular formula is C5H4IN5+. The molecule has 0 saturated heterocycles. The second-order valence-corrected chi connectivity index (χ2v) is 3.01. The number of aliphatic imine (C=N–C) groups is 1. The number of nitrogens with one attached hydrogen (secondary N) is 1. The SMILES string of the molecule is Nc1ncnc2c1NC(I)=[N+]2. The molecule has 0 unspecified atom stereocenters. The van der Waals surface area contributed by atoms with Crippen molar-refractivity contribution in [1.29, 1.82) is 0 Å². The van der Waals surface area contributed by atoms with Gasteiger partial charge in [-0.25, -0.2) is 0 Å². The first-order valence-corrected chi connectivity index (χ1v) is 3.97. The summed E-state index contributed by atoms with van der Waals surface area (Å²) in [6.07, 6.45) is 1.40. The molecule has 0 saturated carbocycles. The van der Waals surface area contributed by atoms with Gasteiger partial charge in [0.1, 0.15) is 0 Å². The van der Waals surface area contributed by atoms with Gasteiger partial charge in [-0.1, -0.05) is 9.98 Å². The van der Waals surface area contributed by atoms with Crippen molar-refractivity contribution in [1.82, 2.24) is 15.0 Å². The van der Waals surface area contributed by atoms with Crippen LogP contribution in [0.25, 0.3) is 0 Å². The summed E-state index contributed by atoms with van der Waals surface area (Å²) in [7, 11) is 0. The molecule has 2 heterocycles. The molecule has 0 amide bonds. The van der Waals surface area contributed by atoms with Crippen LogP contribution in [0.1, 0.15) is 0 Å². The fourth-order valence-corrected chi connectivity index (χ4v) is 1.32. The smallest absolute Gasteiger partial charge is 0.342 e. The van der Waals surface area contributed by atoms with E-state index in [0.717, 1.165) is 3.84 Å². The molecule has 1 aromatic rings. The molecule has 0 atom stereocenters. The monoisotopic (exact) mass is 261 g/mol. The summed E-state index contributed by atoms with van der Waals surface area (Å²) in [5.41, 5.74) is 6.25. The number of rotatable bonds is 0. The molecule has 0 fully saturated rings. The number of nitrogens with zero attached hydrogens (tertiary/aromatic N) is 3. The highest BCUT2D eigenvalue weighted by Crippen LogP contribution is 2.27. The maximum atomic E-state index is 5.54. The zero-order chi connectivity index (χ0) is 7.84. The zero-order valence-corrected chi connectivity index (χ0v) is 7.53. The number of anilines is 2. The van der Waals surface area contributed by atoms with Crippen LogP contribution in [-0.4, -0.2) is 13.8 Å². The van der Waals surface area contributed by atoms with E-state index < -0.39 is 0 Å². The number of halogens is 1. The maximum absolute atomic E-state index is 5.54. The zero-order valence-electron chi connectivity index (χ0n) is 5.37. The van der Waals surface area contributed by atoms with Crippen LogP contribution in [0.4, 0.5) is 17.3 Å². The molecule has 1 aliphatic heterocycles. The molecule has 6 heteroatoms. The molecule has 1 aliphatic rings. The fraction of sp³-hybridized carbons (Fsp3) is 0. The van der Waals surface area contributed by atoms with E-state index in [9.17, 15) is 0 Å². The molecule has 0 bridgehead atoms. The predicted octanol–water partition coefficient (Wildman–Crippen LogP) is 0.243. The molecule has 5 nitrogen and oxygen atoms in total. The van der Waals surface area contributed by atoms with E-state index in [1.165, 1.54) is 6.33 Å². The van der Waals surface area contributed by atoms with Crippen LogP contribution < -0.4 is 16.0 Å². The summed E-state index contributed by atoms with van der Waals surface area (Å²) < 4.78 is 0.768. The number of amidine groups is 1. The Hall–Kier alpha value is -0.920. The first-order valence-electron chi connectivity index (χ1n) is 2.89. The van der Waals surface area contributed by atoms with Crippen LogP contribution in [0.5, 0.6) is 0 Å². The van der Waals surface area contributed by atoms with Gasteiger partial charge in [-0.2, -0.15) is 4.98 Å². The lowest BCUT2D eigenvalue weighted by molar-refractivity contribution is 1.15. The second-order valence-electron chi connectivity index (χ2n) is 1.99. The minimum Gasteiger partial charge on any atom is -0.380 e. The van der Waals surface area contributed by atoms with Crippen LogP contribution in [0, 0.1) is 0 Å². The van der Waals surface area contributed by atoms with E-state index in [1.54, 1.807) is 0 Å². The van der Waals surface area contributed by atoms with Crippen molar-refractivity contribution in [3.05, 3.63) is 6.33 Å². The van der Waals surface area contributed by atoms with Gasteiger partial charge in [0.15, 0.2) is 12.1 Å². The van der Waals surface area contributed by atoms with Crippen LogP contribution >= 0.6 is 22.6 Å². The van der Waals surface area contributed by atoms with E-state index in [-0.39, 0.29) is 0 Å². The Bertz CT molecular complexity index is 334. The molecule has 2 rings (SSSR count). The molecule has 1 aromatic heterocycles. The molecule has 55 valence electrons. The van der Waals surface area contributed by atoms with Crippen LogP contribution in [-0.2, 0) is 0 Å². The van der Waals surface area contributed by atoms with Gasteiger partial charge in [0.2, 0.25) is 5.69 Å². The van der Waals surface area contributed by atoms with Gasteiger partial charge in [-0.3, -0.25) is 5.32 Å². The Labute approximate surface area is 76.3 Å². The highest BCUT2D eigenvalue weighted by molar-refractivity contribution is 14.1. The van der Waals surface area contributed by atoms with Crippen molar-refractivity contribution in [3.63, 3.8) is 0 Å². The van der Waals surface area contributed by atoms with Gasteiger partial charge in [0.05, 0.1) is 0 Å². The number of nitrogens with two attached hydrogens (primary N) is 1. The average molecular weight is 261 g/mol. The van der Waals surface area contributed by atoms with Crippen LogP contribution in [0.3, 0.4) is 0 Å². The Morgan fingerprint density at radius 1 is 1.55 bits per heavy atom. The Morgan fingerprint density at radius 3 is 3.09 bits per heavy atom. The first-order chi connectivity index (χ1) is 5.27. The third-order valence-corrected chi connectivity index (χ3v) is 1.80. The Morgan fingerprint density at radius 2 is 2.36 bits per heavy atom. The molecule has 1 radical (unpaired) electrons. The standard InChI is InChI=1S/C5H4IN5/c6-5-10-2-3(7)8-1-9-4(2)11-5/h1,10H,(H2,7,8,9)/q+1. The van der Waals surface area contributed by atoms with Crippen molar-refractivity contribution < 1.29 is 0 Å². The number of aromatic nitrogens is 2. The highest BCUT2D eigenvalue weighted by atomic mass is 127. The molecule has 11 heavy (non-hydrogen) atoms. The van der Waals surface area contributed by atoms with Crippen LogP contribution in [0.15, 0.2) is 6.33 Å². The largest absolute Gasteiger partial charge is 0.380 e. The van der Waals surface area contributed by atoms with Crippen molar-refractivity contribution in [2.45, 2.75) is 0 Å². The third kappa shape index (κ3) is 1.02. The highest BCUT2D eigenvalue weighted by Gasteiger charge is 2.25. The number of hydrogen-bond acceptors (Lipinski definition) is 5. The lowest BCUT2D eigenvalue weighted by atomic mass is 10.4. The first kappa shape index (κ1) is 6.77. The molecule has 0 aromatic carbocycles. The van der Waals surface area contributed by atoms with Crippen LogP contribution in [0.2, 0.25) is 0 Å². The van der Waals surface area contributed by atoms with E-state index in [1.807, 2.05) is 0 Å². The number of hydrogen-bond donors (Lipinski definition) is 2. The summed E-state index contributed by atoms with van der Waals surface area (Å²) in [6.45, 7) is 0. The van der Waals surface area contributed by atoms with Gasteiger partial charge >= 0.3 is 5.82 Å². The molecular weight excluding hydrogens is 257 g/mol. The third-order valence-electron chi connectivity index (χ3n) is 1.29. The van der Waals surface area contributed by atoms with E-state index in [2.05, 4.69) is 42.9 Å². The minimum absolute atomic E-state index is 0.436. The topological polar surface area (TPSA) is 77.9 Å². The summed E-state index contributed by atoms with van der Waals surface area (Å²) >= 11 is 2.06. The fourth-order valence-electron chi connectivity index (χ4n) is 0.818. The number of nitrogen functional groups attached to an aromatic ring is 1. The normalized spacial score (nSPS) is 13.7. The van der Waals surface area contributed by atoms with Crippen molar-refractivity contribution >= 4 is 43.8 Å². The van der Waals surface area contributed by atoms with Gasteiger partial charge in [0.25, 0.3) is 3.84 Å². The summed E-state index contributed by atoms with van der Waals surface area (Å²) in [6, 6.07) is 0. The van der Waals surface area contributed by atoms with E-state index >= 15 is 0 Å². The van der Waals surface area contributed by atoms with E-state index in [0.29, 0.717) is 17.3 Å². The van der Waals surface area contributed by atoms with Gasteiger partial charge in [0, 0.05) is 22.6 Å². The van der Waals surface area contributed by atoms with Crippen molar-refractivity contribution in [2.24, 2.45) is 0 Å². The summed E-state index contributed by atoms with van der Waals surface area (Å²) in [4.78, 5) is 11.8. The van der Waals surface area contributed by atoms with Gasteiger partial charge in [-0.05, 0) is 0 Å². The Balaban J connectivity index is 2.59. The number of fused-ring (bicyclic) bond motifs is 1. The second kappa shape index (κ2) is 2.29. The average Bonchev–Trinajstić information content (AvgIpc) is 2.31. The molecule has 0 spiro atoms. The van der Waals surface area contributed by atoms with E-state index in [4.69, 9.17) is 5.73 Å². The predicted molar refractivity (Wildman–Crippen MR) is 50.9 cm³/mol. The van der Waals surface area contributed by atoms with Crippen molar-refractivity contribution in [2.75, 3.05) is 11.1 Å². The lowest BCUT2D eigenvalue weighted by Gasteiger charge is -1.91. The van der Waals surface area contributed by atoms with Gasteiger partial charge in [-0.15, -0.1) is 0 Å². The quantitative estimate of drug-likeness (QED) is 0.518. The van der Waals surface area contributed by atoms with Crippen molar-refractivity contribution in [3.8, 4) is 0 Å². The lowest BCUT2D eigenvalue weighted by Crippen LogP contribution is -2.02. The molecule has 0 aliphatic carbocycles. The maximum Gasteiger partial charge on any atom is 0.342 e. The summed E-state index contributed by atoms with van der Waals surface area (Å²) in [5.74, 6) is 1.05. The molecule has 3 N–H and O–H groups in total. The minimum atomic E-state index is 0.436. The Kier molecular flexibility index (Phi) is 1.41. The summed E-state index contributed by atoms with van der Waals surface area (Å²) in [5, 5.41) is 2.95.